The molecule has 1 atom stereocenters. The molecule has 0 aliphatic carbocycles. The van der Waals surface area contributed by atoms with Gasteiger partial charge in [0.15, 0.2) is 0 Å². The molecule has 0 unspecified atom stereocenters. The number of rotatable bonds is 4. The summed E-state index contributed by atoms with van der Waals surface area (Å²) in [5.41, 5.74) is 0. The van der Waals surface area contributed by atoms with Crippen LogP contribution in [0.15, 0.2) is 29.1 Å². The number of carbonyl (C=O) groups excluding carboxylic acids is 2. The number of H-pyrrole nitrogens is 1. The topological polar surface area (TPSA) is 98.6 Å². The van der Waals surface area contributed by atoms with Crippen LogP contribution < -0.4 is 0 Å². The summed E-state index contributed by atoms with van der Waals surface area (Å²) in [5, 5.41) is 6.31. The van der Waals surface area contributed by atoms with Gasteiger partial charge < -0.3 is 14.2 Å². The number of nitrogens with one attached hydrogen (secondary N) is 1. The first-order valence-corrected chi connectivity index (χ1v) is 9.39. The Morgan fingerprint density at radius 2 is 2.00 bits per heavy atom. The molecule has 0 aromatic carbocycles. The fraction of sp³-hybridized carbons (Fsp3) is 0.556. The Kier molecular flexibility index (Phi) is 5.19. The predicted octanol–water partition coefficient (Wildman–Crippen LogP) is 0.594. The van der Waals surface area contributed by atoms with Crippen LogP contribution in [-0.2, 0) is 11.3 Å². The van der Waals surface area contributed by atoms with E-state index >= 15 is 0 Å². The standard InChI is InChI=1S/C18H24N6O3/c25-17(14-3-1-5-22(11-14)12-15-4-2-10-27-15)23-6-8-24(9-7-23)18(26)16-19-13-20-21-16/h2,4,10,13-14H,1,3,5-9,11-12H2,(H,19,20,21)/t14-/m0/s1. The SMILES string of the molecule is O=C(c1ncn[nH]1)N1CCN(C(=O)[C@H]2CCCN(Cc3ccco3)C2)CC1. The number of piperazine rings is 1. The summed E-state index contributed by atoms with van der Waals surface area (Å²) in [6.07, 6.45) is 4.94. The van der Waals surface area contributed by atoms with Gasteiger partial charge in [0.2, 0.25) is 11.7 Å². The molecule has 2 amide bonds. The Morgan fingerprint density at radius 3 is 2.70 bits per heavy atom. The molecule has 2 saturated heterocycles. The van der Waals surface area contributed by atoms with Crippen molar-refractivity contribution in [3.63, 3.8) is 0 Å². The average molecular weight is 372 g/mol. The fourth-order valence-electron chi connectivity index (χ4n) is 3.87. The van der Waals surface area contributed by atoms with Crippen molar-refractivity contribution in [2.75, 3.05) is 39.3 Å². The minimum atomic E-state index is -0.165. The highest BCUT2D eigenvalue weighted by atomic mass is 16.3. The Balaban J connectivity index is 1.29. The number of aromatic amines is 1. The summed E-state index contributed by atoms with van der Waals surface area (Å²) in [6, 6.07) is 3.86. The van der Waals surface area contributed by atoms with E-state index in [1.54, 1.807) is 11.2 Å². The van der Waals surface area contributed by atoms with Gasteiger partial charge in [0.25, 0.3) is 5.91 Å². The van der Waals surface area contributed by atoms with Gasteiger partial charge in [0, 0.05) is 32.7 Å². The van der Waals surface area contributed by atoms with Crippen LogP contribution in [0.1, 0.15) is 29.2 Å². The van der Waals surface area contributed by atoms with E-state index in [2.05, 4.69) is 20.1 Å². The molecule has 4 rings (SSSR count). The normalized spacial score (nSPS) is 21.4. The number of furan rings is 1. The maximum Gasteiger partial charge on any atom is 0.291 e. The highest BCUT2D eigenvalue weighted by Gasteiger charge is 2.32. The van der Waals surface area contributed by atoms with Crippen molar-refractivity contribution >= 4 is 11.8 Å². The van der Waals surface area contributed by atoms with E-state index in [1.165, 1.54) is 6.33 Å². The molecule has 2 aliphatic rings. The van der Waals surface area contributed by atoms with Gasteiger partial charge in [-0.05, 0) is 31.5 Å². The first kappa shape index (κ1) is 17.7. The second-order valence-electron chi connectivity index (χ2n) is 7.11. The van der Waals surface area contributed by atoms with E-state index in [-0.39, 0.29) is 23.6 Å². The smallest absolute Gasteiger partial charge is 0.291 e. The highest BCUT2D eigenvalue weighted by Crippen LogP contribution is 2.21. The Bertz CT molecular complexity index is 752. The van der Waals surface area contributed by atoms with Crippen LogP contribution >= 0.6 is 0 Å². The first-order valence-electron chi connectivity index (χ1n) is 9.39. The Morgan fingerprint density at radius 1 is 1.19 bits per heavy atom. The van der Waals surface area contributed by atoms with Gasteiger partial charge in [0.1, 0.15) is 12.1 Å². The lowest BCUT2D eigenvalue weighted by atomic mass is 9.96. The molecule has 27 heavy (non-hydrogen) atoms. The summed E-state index contributed by atoms with van der Waals surface area (Å²) in [4.78, 5) is 35.1. The lowest BCUT2D eigenvalue weighted by molar-refractivity contribution is -0.139. The number of hydrogen-bond acceptors (Lipinski definition) is 6. The average Bonchev–Trinajstić information content (AvgIpc) is 3.41. The van der Waals surface area contributed by atoms with Crippen LogP contribution in [0.25, 0.3) is 0 Å². The second kappa shape index (κ2) is 7.91. The molecule has 0 bridgehead atoms. The van der Waals surface area contributed by atoms with Crippen LogP contribution in [0.4, 0.5) is 0 Å². The van der Waals surface area contributed by atoms with E-state index in [0.717, 1.165) is 38.2 Å². The monoisotopic (exact) mass is 372 g/mol. The molecule has 0 saturated carbocycles. The van der Waals surface area contributed by atoms with Crippen molar-refractivity contribution in [2.45, 2.75) is 19.4 Å². The number of aromatic nitrogens is 3. The third-order valence-corrected chi connectivity index (χ3v) is 5.31. The molecule has 0 spiro atoms. The molecule has 2 aromatic heterocycles. The Hall–Kier alpha value is -2.68. The summed E-state index contributed by atoms with van der Waals surface area (Å²) in [6.45, 7) is 4.67. The minimum Gasteiger partial charge on any atom is -0.468 e. The van der Waals surface area contributed by atoms with Gasteiger partial charge in [-0.2, -0.15) is 5.10 Å². The van der Waals surface area contributed by atoms with Gasteiger partial charge in [-0.15, -0.1) is 0 Å². The molecular weight excluding hydrogens is 348 g/mol. The summed E-state index contributed by atoms with van der Waals surface area (Å²) < 4.78 is 5.43. The summed E-state index contributed by atoms with van der Waals surface area (Å²) >= 11 is 0. The van der Waals surface area contributed by atoms with Crippen molar-refractivity contribution < 1.29 is 14.0 Å². The molecule has 2 aliphatic heterocycles. The molecule has 4 heterocycles. The van der Waals surface area contributed by atoms with Crippen LogP contribution in [0.3, 0.4) is 0 Å². The fourth-order valence-corrected chi connectivity index (χ4v) is 3.87. The third kappa shape index (κ3) is 4.02. The van der Waals surface area contributed by atoms with Crippen molar-refractivity contribution in [3.8, 4) is 0 Å². The molecule has 9 heteroatoms. The van der Waals surface area contributed by atoms with Crippen LogP contribution in [0, 0.1) is 5.92 Å². The number of carbonyl (C=O) groups is 2. The summed E-state index contributed by atoms with van der Waals surface area (Å²) in [7, 11) is 0. The molecule has 2 fully saturated rings. The maximum atomic E-state index is 13.0. The van der Waals surface area contributed by atoms with E-state index < -0.39 is 0 Å². The first-order chi connectivity index (χ1) is 13.2. The van der Waals surface area contributed by atoms with Crippen LogP contribution in [-0.4, -0.2) is 81.0 Å². The van der Waals surface area contributed by atoms with Crippen molar-refractivity contribution in [3.05, 3.63) is 36.3 Å². The largest absolute Gasteiger partial charge is 0.468 e. The molecule has 0 radical (unpaired) electrons. The zero-order valence-electron chi connectivity index (χ0n) is 15.2. The van der Waals surface area contributed by atoms with E-state index in [9.17, 15) is 9.59 Å². The molecule has 9 nitrogen and oxygen atoms in total. The number of nitrogens with zero attached hydrogens (tertiary/aromatic N) is 5. The van der Waals surface area contributed by atoms with Gasteiger partial charge >= 0.3 is 0 Å². The van der Waals surface area contributed by atoms with Gasteiger partial charge in [0.05, 0.1) is 18.7 Å². The van der Waals surface area contributed by atoms with Crippen molar-refractivity contribution in [2.24, 2.45) is 5.92 Å². The van der Waals surface area contributed by atoms with Gasteiger partial charge in [-0.1, -0.05) is 0 Å². The van der Waals surface area contributed by atoms with Crippen molar-refractivity contribution in [1.82, 2.24) is 29.9 Å². The molecular formula is C18H24N6O3. The second-order valence-corrected chi connectivity index (χ2v) is 7.11. The number of hydrogen-bond donors (Lipinski definition) is 1. The zero-order valence-corrected chi connectivity index (χ0v) is 15.2. The summed E-state index contributed by atoms with van der Waals surface area (Å²) in [5.74, 6) is 1.23. The van der Waals surface area contributed by atoms with Gasteiger partial charge in [-0.25, -0.2) is 4.98 Å². The van der Waals surface area contributed by atoms with E-state index in [0.29, 0.717) is 26.2 Å². The van der Waals surface area contributed by atoms with Crippen LogP contribution in [0.2, 0.25) is 0 Å². The third-order valence-electron chi connectivity index (χ3n) is 5.31. The minimum absolute atomic E-state index is 0.0187. The van der Waals surface area contributed by atoms with Gasteiger partial charge in [-0.3, -0.25) is 19.6 Å². The number of piperidine rings is 1. The lowest BCUT2D eigenvalue weighted by Crippen LogP contribution is -2.53. The van der Waals surface area contributed by atoms with Crippen molar-refractivity contribution in [1.29, 1.82) is 0 Å². The Labute approximate surface area is 157 Å². The quantitative estimate of drug-likeness (QED) is 0.844. The number of amides is 2. The van der Waals surface area contributed by atoms with E-state index in [4.69, 9.17) is 4.42 Å². The number of likely N-dealkylation sites (tertiary alicyclic amines) is 1. The zero-order chi connectivity index (χ0) is 18.6. The molecule has 2 aromatic rings. The lowest BCUT2D eigenvalue weighted by Gasteiger charge is -2.38. The predicted molar refractivity (Wildman–Crippen MR) is 95.6 cm³/mol. The van der Waals surface area contributed by atoms with E-state index in [1.807, 2.05) is 17.0 Å². The molecule has 1 N–H and O–H groups in total. The maximum absolute atomic E-state index is 13.0. The highest BCUT2D eigenvalue weighted by molar-refractivity contribution is 5.90. The molecule has 144 valence electrons. The van der Waals surface area contributed by atoms with Crippen LogP contribution in [0.5, 0.6) is 0 Å².